The summed E-state index contributed by atoms with van der Waals surface area (Å²) in [5.41, 5.74) is 0.852. The molecular formula is C16H21Cl2NO. The Morgan fingerprint density at radius 1 is 1.25 bits per heavy atom. The first kappa shape index (κ1) is 15.7. The van der Waals surface area contributed by atoms with Crippen molar-refractivity contribution in [2.75, 3.05) is 13.1 Å². The molecule has 110 valence electrons. The number of rotatable bonds is 1. The molecule has 0 aliphatic carbocycles. The van der Waals surface area contributed by atoms with Crippen molar-refractivity contribution in [1.82, 2.24) is 4.90 Å². The molecule has 20 heavy (non-hydrogen) atoms. The second-order valence-corrected chi connectivity index (χ2v) is 7.33. The maximum Gasteiger partial charge on any atom is 0.227 e. The van der Waals surface area contributed by atoms with Gasteiger partial charge in [-0.25, -0.2) is 0 Å². The van der Waals surface area contributed by atoms with E-state index in [1.54, 1.807) is 0 Å². The lowest BCUT2D eigenvalue weighted by atomic mass is 9.88. The summed E-state index contributed by atoms with van der Waals surface area (Å²) in [6, 6.07) is 5.79. The van der Waals surface area contributed by atoms with Gasteiger partial charge >= 0.3 is 0 Å². The van der Waals surface area contributed by atoms with Crippen molar-refractivity contribution >= 4 is 29.1 Å². The maximum atomic E-state index is 12.4. The van der Waals surface area contributed by atoms with Crippen molar-refractivity contribution in [1.29, 1.82) is 0 Å². The molecule has 0 aromatic heterocycles. The second-order valence-electron chi connectivity index (χ2n) is 6.51. The number of benzene rings is 1. The van der Waals surface area contributed by atoms with Crippen LogP contribution in [0.2, 0.25) is 10.0 Å². The van der Waals surface area contributed by atoms with E-state index in [4.69, 9.17) is 23.2 Å². The zero-order valence-electron chi connectivity index (χ0n) is 12.2. The van der Waals surface area contributed by atoms with Gasteiger partial charge in [0.15, 0.2) is 0 Å². The van der Waals surface area contributed by atoms with Gasteiger partial charge in [-0.1, -0.05) is 50.0 Å². The summed E-state index contributed by atoms with van der Waals surface area (Å²) in [7, 11) is 0. The standard InChI is InChI=1S/C16H21Cl2NO/c1-16(2,3)15(20)19-8-4-5-12(10-19)11-6-7-13(17)14(18)9-11/h6-7,9,12H,4-5,8,10H2,1-3H3/t12-/m1/s1. The van der Waals surface area contributed by atoms with E-state index >= 15 is 0 Å². The molecular weight excluding hydrogens is 293 g/mol. The Kier molecular flexibility index (Phi) is 4.66. The molecule has 0 saturated carbocycles. The molecule has 0 radical (unpaired) electrons. The third kappa shape index (κ3) is 3.48. The molecule has 1 saturated heterocycles. The lowest BCUT2D eigenvalue weighted by molar-refractivity contribution is -0.140. The minimum absolute atomic E-state index is 0.224. The molecule has 0 N–H and O–H groups in total. The molecule has 2 nitrogen and oxygen atoms in total. The predicted octanol–water partition coefficient (Wildman–Crippen LogP) is 4.75. The SMILES string of the molecule is CC(C)(C)C(=O)N1CCC[C@@H](c2ccc(Cl)c(Cl)c2)C1. The summed E-state index contributed by atoms with van der Waals surface area (Å²) >= 11 is 12.1. The van der Waals surface area contributed by atoms with Crippen molar-refractivity contribution in [3.63, 3.8) is 0 Å². The van der Waals surface area contributed by atoms with Crippen molar-refractivity contribution in [2.45, 2.75) is 39.5 Å². The van der Waals surface area contributed by atoms with Crippen molar-refractivity contribution < 1.29 is 4.79 Å². The largest absolute Gasteiger partial charge is 0.342 e. The smallest absolute Gasteiger partial charge is 0.227 e. The Bertz CT molecular complexity index is 508. The summed E-state index contributed by atoms with van der Waals surface area (Å²) in [6.07, 6.45) is 2.12. The van der Waals surface area contributed by atoms with E-state index in [1.807, 2.05) is 43.9 Å². The Labute approximate surface area is 131 Å². The van der Waals surface area contributed by atoms with E-state index in [1.165, 1.54) is 5.56 Å². The monoisotopic (exact) mass is 313 g/mol. The van der Waals surface area contributed by atoms with Crippen LogP contribution in [0.3, 0.4) is 0 Å². The van der Waals surface area contributed by atoms with Gasteiger partial charge in [0.1, 0.15) is 0 Å². The molecule has 1 aliphatic heterocycles. The molecule has 4 heteroatoms. The molecule has 1 aromatic carbocycles. The highest BCUT2D eigenvalue weighted by Gasteiger charge is 2.31. The topological polar surface area (TPSA) is 20.3 Å². The average molecular weight is 314 g/mol. The third-order valence-corrected chi connectivity index (χ3v) is 4.50. The molecule has 1 aromatic rings. The average Bonchev–Trinajstić information content (AvgIpc) is 2.40. The second kappa shape index (κ2) is 5.95. The Morgan fingerprint density at radius 2 is 1.95 bits per heavy atom. The van der Waals surface area contributed by atoms with E-state index in [9.17, 15) is 4.79 Å². The summed E-state index contributed by atoms with van der Waals surface area (Å²) < 4.78 is 0. The van der Waals surface area contributed by atoms with E-state index in [0.29, 0.717) is 16.0 Å². The lowest BCUT2D eigenvalue weighted by Crippen LogP contribution is -2.44. The number of amides is 1. The van der Waals surface area contributed by atoms with Crippen LogP contribution in [0.5, 0.6) is 0 Å². The summed E-state index contributed by atoms with van der Waals surface area (Å²) in [5.74, 6) is 0.576. The molecule has 2 rings (SSSR count). The van der Waals surface area contributed by atoms with Crippen molar-refractivity contribution in [2.24, 2.45) is 5.41 Å². The highest BCUT2D eigenvalue weighted by atomic mass is 35.5. The third-order valence-electron chi connectivity index (χ3n) is 3.77. The first-order valence-electron chi connectivity index (χ1n) is 7.03. The summed E-state index contributed by atoms with van der Waals surface area (Å²) in [5, 5.41) is 1.16. The first-order valence-corrected chi connectivity index (χ1v) is 7.79. The Balaban J connectivity index is 2.14. The molecule has 0 unspecified atom stereocenters. The van der Waals surface area contributed by atoms with Gasteiger partial charge < -0.3 is 4.90 Å². The number of carbonyl (C=O) groups is 1. The quantitative estimate of drug-likeness (QED) is 0.733. The van der Waals surface area contributed by atoms with Crippen LogP contribution >= 0.6 is 23.2 Å². The molecule has 0 bridgehead atoms. The van der Waals surface area contributed by atoms with Gasteiger partial charge in [0.2, 0.25) is 5.91 Å². The number of likely N-dealkylation sites (tertiary alicyclic amines) is 1. The Morgan fingerprint density at radius 3 is 2.55 bits per heavy atom. The fourth-order valence-electron chi connectivity index (χ4n) is 2.67. The number of carbonyl (C=O) groups excluding carboxylic acids is 1. The normalized spacial score (nSPS) is 20.1. The number of hydrogen-bond acceptors (Lipinski definition) is 1. The van der Waals surface area contributed by atoms with Crippen LogP contribution in [0.4, 0.5) is 0 Å². The van der Waals surface area contributed by atoms with Gasteiger partial charge in [-0.3, -0.25) is 4.79 Å². The maximum absolute atomic E-state index is 12.4. The van der Waals surface area contributed by atoms with Crippen LogP contribution in [0, 0.1) is 5.41 Å². The van der Waals surface area contributed by atoms with Crippen LogP contribution in [0.15, 0.2) is 18.2 Å². The summed E-state index contributed by atoms with van der Waals surface area (Å²) in [4.78, 5) is 14.4. The highest BCUT2D eigenvalue weighted by Crippen LogP contribution is 2.32. The number of nitrogens with zero attached hydrogens (tertiary/aromatic N) is 1. The molecule has 1 heterocycles. The van der Waals surface area contributed by atoms with Crippen LogP contribution in [-0.4, -0.2) is 23.9 Å². The van der Waals surface area contributed by atoms with Crippen LogP contribution in [-0.2, 0) is 4.79 Å². The highest BCUT2D eigenvalue weighted by molar-refractivity contribution is 6.42. The van der Waals surface area contributed by atoms with Crippen LogP contribution < -0.4 is 0 Å². The van der Waals surface area contributed by atoms with Crippen LogP contribution in [0.25, 0.3) is 0 Å². The van der Waals surface area contributed by atoms with E-state index in [-0.39, 0.29) is 11.3 Å². The molecule has 0 spiro atoms. The van der Waals surface area contributed by atoms with Crippen molar-refractivity contribution in [3.05, 3.63) is 33.8 Å². The fraction of sp³-hybridized carbons (Fsp3) is 0.562. The summed E-state index contributed by atoms with van der Waals surface area (Å²) in [6.45, 7) is 7.54. The van der Waals surface area contributed by atoms with Gasteiger partial charge in [0.05, 0.1) is 10.0 Å². The zero-order valence-corrected chi connectivity index (χ0v) is 13.8. The van der Waals surface area contributed by atoms with E-state index in [2.05, 4.69) is 0 Å². The minimum Gasteiger partial charge on any atom is -0.342 e. The lowest BCUT2D eigenvalue weighted by Gasteiger charge is -2.36. The molecule has 1 amide bonds. The molecule has 1 atom stereocenters. The van der Waals surface area contributed by atoms with Gasteiger partial charge in [-0.2, -0.15) is 0 Å². The molecule has 1 aliphatic rings. The van der Waals surface area contributed by atoms with Crippen molar-refractivity contribution in [3.8, 4) is 0 Å². The first-order chi connectivity index (χ1) is 9.29. The number of hydrogen-bond donors (Lipinski definition) is 0. The number of halogens is 2. The van der Waals surface area contributed by atoms with E-state index in [0.717, 1.165) is 25.9 Å². The van der Waals surface area contributed by atoms with Gasteiger partial charge in [-0.05, 0) is 30.5 Å². The molecule has 1 fully saturated rings. The minimum atomic E-state index is -0.320. The Hall–Kier alpha value is -0.730. The van der Waals surface area contributed by atoms with Gasteiger partial charge in [0, 0.05) is 24.4 Å². The van der Waals surface area contributed by atoms with Gasteiger partial charge in [0.25, 0.3) is 0 Å². The fourth-order valence-corrected chi connectivity index (χ4v) is 2.98. The predicted molar refractivity (Wildman–Crippen MR) is 84.5 cm³/mol. The van der Waals surface area contributed by atoms with E-state index < -0.39 is 0 Å². The van der Waals surface area contributed by atoms with Crippen LogP contribution in [0.1, 0.15) is 45.1 Å². The van der Waals surface area contributed by atoms with Gasteiger partial charge in [-0.15, -0.1) is 0 Å². The number of piperidine rings is 1. The zero-order chi connectivity index (χ0) is 14.9.